The molecule has 1 heterocycles. The summed E-state index contributed by atoms with van der Waals surface area (Å²) in [4.78, 5) is 5.22. The second-order valence-electron chi connectivity index (χ2n) is 5.67. The van der Waals surface area contributed by atoms with Crippen molar-refractivity contribution in [3.8, 4) is 6.07 Å². The van der Waals surface area contributed by atoms with Gasteiger partial charge in [-0.1, -0.05) is 12.1 Å². The van der Waals surface area contributed by atoms with Crippen LogP contribution in [-0.4, -0.2) is 48.6 Å². The van der Waals surface area contributed by atoms with Crippen LogP contribution in [0.3, 0.4) is 0 Å². The molecule has 0 radical (unpaired) electrons. The Morgan fingerprint density at radius 1 is 1.05 bits per heavy atom. The number of hydrogen-bond acceptors (Lipinski definition) is 3. The second kappa shape index (κ2) is 5.73. The smallest absolute Gasteiger partial charge is 0.0991 e. The van der Waals surface area contributed by atoms with Crippen LogP contribution in [0, 0.1) is 11.3 Å². The van der Waals surface area contributed by atoms with E-state index in [0.29, 0.717) is 0 Å². The predicted molar refractivity (Wildman–Crippen MR) is 75.9 cm³/mol. The van der Waals surface area contributed by atoms with Gasteiger partial charge in [0.15, 0.2) is 0 Å². The molecule has 3 heteroatoms. The normalized spacial score (nSPS) is 21.2. The maximum Gasteiger partial charge on any atom is 0.0991 e. The molecule has 0 atom stereocenters. The highest BCUT2D eigenvalue weighted by atomic mass is 15.3. The van der Waals surface area contributed by atoms with E-state index in [9.17, 15) is 0 Å². The number of rotatable bonds is 4. The second-order valence-corrected chi connectivity index (χ2v) is 5.67. The summed E-state index contributed by atoms with van der Waals surface area (Å²) in [5, 5.41) is 8.77. The Bertz CT molecular complexity index is 448. The standard InChI is InChI=1S/C16H21N3/c17-13-15-3-1-14(2-4-15)7-8-18-9-11-19(12-10-18)16-5-6-16/h1-4,16H,5-12H2. The molecule has 0 N–H and O–H groups in total. The lowest BCUT2D eigenvalue weighted by Gasteiger charge is -2.34. The third kappa shape index (κ3) is 3.34. The first-order valence-corrected chi connectivity index (χ1v) is 7.30. The molecule has 1 aromatic carbocycles. The number of nitriles is 1. The lowest BCUT2D eigenvalue weighted by Crippen LogP contribution is -2.47. The van der Waals surface area contributed by atoms with Crippen molar-refractivity contribution >= 4 is 0 Å². The molecule has 19 heavy (non-hydrogen) atoms. The largest absolute Gasteiger partial charge is 0.300 e. The zero-order chi connectivity index (χ0) is 13.1. The van der Waals surface area contributed by atoms with Gasteiger partial charge >= 0.3 is 0 Å². The van der Waals surface area contributed by atoms with Gasteiger partial charge in [-0.05, 0) is 37.0 Å². The lowest BCUT2D eigenvalue weighted by atomic mass is 10.1. The van der Waals surface area contributed by atoms with Crippen molar-refractivity contribution in [3.05, 3.63) is 35.4 Å². The Balaban J connectivity index is 1.43. The lowest BCUT2D eigenvalue weighted by molar-refractivity contribution is 0.127. The third-order valence-electron chi connectivity index (χ3n) is 4.27. The van der Waals surface area contributed by atoms with Gasteiger partial charge in [-0.3, -0.25) is 4.90 Å². The summed E-state index contributed by atoms with van der Waals surface area (Å²) in [6.45, 7) is 6.07. The van der Waals surface area contributed by atoms with Crippen LogP contribution in [0.25, 0.3) is 0 Å². The maximum atomic E-state index is 8.77. The fourth-order valence-corrected chi connectivity index (χ4v) is 2.82. The van der Waals surface area contributed by atoms with E-state index in [1.807, 2.05) is 12.1 Å². The molecule has 0 bridgehead atoms. The van der Waals surface area contributed by atoms with Gasteiger partial charge in [0.1, 0.15) is 0 Å². The summed E-state index contributed by atoms with van der Waals surface area (Å²) in [6, 6.07) is 11.1. The number of hydrogen-bond donors (Lipinski definition) is 0. The minimum Gasteiger partial charge on any atom is -0.300 e. The van der Waals surface area contributed by atoms with Gasteiger partial charge in [0.05, 0.1) is 11.6 Å². The first-order chi connectivity index (χ1) is 9.35. The van der Waals surface area contributed by atoms with E-state index in [0.717, 1.165) is 24.6 Å². The highest BCUT2D eigenvalue weighted by Crippen LogP contribution is 2.27. The molecular weight excluding hydrogens is 234 g/mol. The van der Waals surface area contributed by atoms with E-state index >= 15 is 0 Å². The van der Waals surface area contributed by atoms with E-state index < -0.39 is 0 Å². The third-order valence-corrected chi connectivity index (χ3v) is 4.27. The van der Waals surface area contributed by atoms with Crippen LogP contribution in [0.4, 0.5) is 0 Å². The molecule has 1 saturated heterocycles. The first-order valence-electron chi connectivity index (χ1n) is 7.30. The quantitative estimate of drug-likeness (QED) is 0.823. The Hall–Kier alpha value is -1.37. The summed E-state index contributed by atoms with van der Waals surface area (Å²) in [5.74, 6) is 0. The van der Waals surface area contributed by atoms with Gasteiger partial charge in [-0.2, -0.15) is 5.26 Å². The minimum absolute atomic E-state index is 0.752. The van der Waals surface area contributed by atoms with E-state index in [2.05, 4.69) is 28.0 Å². The summed E-state index contributed by atoms with van der Waals surface area (Å²) in [7, 11) is 0. The molecule has 0 aromatic heterocycles. The van der Waals surface area contributed by atoms with Gasteiger partial charge in [-0.25, -0.2) is 0 Å². The van der Waals surface area contributed by atoms with Gasteiger partial charge in [0.25, 0.3) is 0 Å². The summed E-state index contributed by atoms with van der Waals surface area (Å²) < 4.78 is 0. The Labute approximate surface area is 115 Å². The van der Waals surface area contributed by atoms with Crippen molar-refractivity contribution in [2.45, 2.75) is 25.3 Å². The van der Waals surface area contributed by atoms with Crippen molar-refractivity contribution < 1.29 is 0 Å². The molecule has 0 spiro atoms. The van der Waals surface area contributed by atoms with Crippen molar-refractivity contribution in [3.63, 3.8) is 0 Å². The summed E-state index contributed by atoms with van der Waals surface area (Å²) in [6.07, 6.45) is 3.94. The summed E-state index contributed by atoms with van der Waals surface area (Å²) in [5.41, 5.74) is 2.09. The fourth-order valence-electron chi connectivity index (χ4n) is 2.82. The monoisotopic (exact) mass is 255 g/mol. The molecule has 2 fully saturated rings. The van der Waals surface area contributed by atoms with Crippen LogP contribution >= 0.6 is 0 Å². The van der Waals surface area contributed by atoms with Crippen LogP contribution in [0.5, 0.6) is 0 Å². The average molecular weight is 255 g/mol. The predicted octanol–water partition coefficient (Wildman–Crippen LogP) is 1.88. The maximum absolute atomic E-state index is 8.77. The number of piperazine rings is 1. The van der Waals surface area contributed by atoms with Crippen molar-refractivity contribution in [2.24, 2.45) is 0 Å². The molecule has 1 aliphatic heterocycles. The topological polar surface area (TPSA) is 30.3 Å². The van der Waals surface area contributed by atoms with Crippen molar-refractivity contribution in [2.75, 3.05) is 32.7 Å². The first kappa shape index (κ1) is 12.7. The molecule has 3 rings (SSSR count). The van der Waals surface area contributed by atoms with Gasteiger partial charge in [0.2, 0.25) is 0 Å². The summed E-state index contributed by atoms with van der Waals surface area (Å²) >= 11 is 0. The molecule has 3 nitrogen and oxygen atoms in total. The highest BCUT2D eigenvalue weighted by Gasteiger charge is 2.30. The van der Waals surface area contributed by atoms with Gasteiger partial charge in [-0.15, -0.1) is 0 Å². The number of nitrogens with zero attached hydrogens (tertiary/aromatic N) is 3. The van der Waals surface area contributed by atoms with E-state index in [1.54, 1.807) is 0 Å². The van der Waals surface area contributed by atoms with Crippen LogP contribution in [-0.2, 0) is 6.42 Å². The van der Waals surface area contributed by atoms with Crippen LogP contribution in [0.15, 0.2) is 24.3 Å². The molecule has 0 unspecified atom stereocenters. The van der Waals surface area contributed by atoms with Crippen LogP contribution in [0.1, 0.15) is 24.0 Å². The molecule has 1 saturated carbocycles. The zero-order valence-electron chi connectivity index (χ0n) is 11.4. The molecule has 1 aromatic rings. The Kier molecular flexibility index (Phi) is 3.82. The van der Waals surface area contributed by atoms with E-state index in [4.69, 9.17) is 5.26 Å². The Morgan fingerprint density at radius 3 is 2.32 bits per heavy atom. The number of benzene rings is 1. The van der Waals surface area contributed by atoms with Crippen molar-refractivity contribution in [1.82, 2.24) is 9.80 Å². The Morgan fingerprint density at radius 2 is 1.74 bits per heavy atom. The molecule has 0 amide bonds. The average Bonchev–Trinajstić information content (AvgIpc) is 3.31. The molecule has 1 aliphatic carbocycles. The van der Waals surface area contributed by atoms with E-state index in [-0.39, 0.29) is 0 Å². The van der Waals surface area contributed by atoms with Crippen LogP contribution in [0.2, 0.25) is 0 Å². The molecule has 100 valence electrons. The highest BCUT2D eigenvalue weighted by molar-refractivity contribution is 5.31. The molecule has 2 aliphatic rings. The van der Waals surface area contributed by atoms with E-state index in [1.165, 1.54) is 44.6 Å². The van der Waals surface area contributed by atoms with Gasteiger partial charge < -0.3 is 4.90 Å². The fraction of sp³-hybridized carbons (Fsp3) is 0.562. The van der Waals surface area contributed by atoms with Gasteiger partial charge in [0, 0.05) is 38.8 Å². The zero-order valence-corrected chi connectivity index (χ0v) is 11.4. The van der Waals surface area contributed by atoms with Crippen LogP contribution < -0.4 is 0 Å². The minimum atomic E-state index is 0.752. The molecular formula is C16H21N3. The SMILES string of the molecule is N#Cc1ccc(CCN2CCN(C3CC3)CC2)cc1. The van der Waals surface area contributed by atoms with Crippen molar-refractivity contribution in [1.29, 1.82) is 5.26 Å².